The molecule has 6 nitrogen and oxygen atoms in total. The van der Waals surface area contributed by atoms with Crippen LogP contribution in [0.2, 0.25) is 0 Å². The van der Waals surface area contributed by atoms with Crippen molar-refractivity contribution in [2.75, 3.05) is 39.4 Å². The molecule has 0 radical (unpaired) electrons. The number of ether oxygens (including phenoxy) is 1. The van der Waals surface area contributed by atoms with Gasteiger partial charge in [-0.3, -0.25) is 14.5 Å². The number of amides is 2. The van der Waals surface area contributed by atoms with Crippen molar-refractivity contribution in [2.45, 2.75) is 32.7 Å². The van der Waals surface area contributed by atoms with Gasteiger partial charge in [0.1, 0.15) is 5.41 Å². The third-order valence-corrected chi connectivity index (χ3v) is 3.86. The maximum atomic E-state index is 12.2. The van der Waals surface area contributed by atoms with E-state index in [0.717, 1.165) is 32.8 Å². The number of morpholine rings is 1. The molecule has 1 saturated heterocycles. The van der Waals surface area contributed by atoms with Gasteiger partial charge in [0.2, 0.25) is 11.8 Å². The average Bonchev–Trinajstić information content (AvgIpc) is 3.20. The third kappa shape index (κ3) is 3.70. The summed E-state index contributed by atoms with van der Waals surface area (Å²) in [7, 11) is 0. The number of nitrogens with one attached hydrogen (secondary N) is 2. The molecule has 0 atom stereocenters. The fourth-order valence-electron chi connectivity index (χ4n) is 2.40. The average molecular weight is 283 g/mol. The van der Waals surface area contributed by atoms with Crippen molar-refractivity contribution in [3.8, 4) is 0 Å². The molecule has 0 unspecified atom stereocenters. The second-order valence-corrected chi connectivity index (χ2v) is 5.92. The monoisotopic (exact) mass is 283 g/mol. The summed E-state index contributed by atoms with van der Waals surface area (Å²) in [5.41, 5.74) is -0.796. The fraction of sp³-hybridized carbons (Fsp3) is 0.857. The lowest BCUT2D eigenvalue weighted by molar-refractivity contribution is -0.137. The zero-order valence-corrected chi connectivity index (χ0v) is 12.4. The molecule has 0 aromatic heterocycles. The zero-order chi connectivity index (χ0) is 14.6. The Hall–Kier alpha value is -1.14. The van der Waals surface area contributed by atoms with Gasteiger partial charge in [0.05, 0.1) is 13.2 Å². The molecule has 1 aliphatic carbocycles. The number of rotatable bonds is 6. The van der Waals surface area contributed by atoms with Gasteiger partial charge in [-0.2, -0.15) is 0 Å². The van der Waals surface area contributed by atoms with Crippen LogP contribution >= 0.6 is 0 Å². The van der Waals surface area contributed by atoms with Gasteiger partial charge in [-0.15, -0.1) is 0 Å². The van der Waals surface area contributed by atoms with E-state index >= 15 is 0 Å². The molecular weight excluding hydrogens is 258 g/mol. The summed E-state index contributed by atoms with van der Waals surface area (Å²) >= 11 is 0. The minimum Gasteiger partial charge on any atom is -0.379 e. The normalized spacial score (nSPS) is 21.6. The van der Waals surface area contributed by atoms with Gasteiger partial charge in [0.25, 0.3) is 0 Å². The van der Waals surface area contributed by atoms with E-state index in [9.17, 15) is 9.59 Å². The molecule has 1 aliphatic heterocycles. The van der Waals surface area contributed by atoms with Crippen LogP contribution in [0, 0.1) is 5.41 Å². The Morgan fingerprint density at radius 2 is 1.85 bits per heavy atom. The van der Waals surface area contributed by atoms with Crippen LogP contribution in [0.4, 0.5) is 0 Å². The summed E-state index contributed by atoms with van der Waals surface area (Å²) in [6.07, 6.45) is 1.32. The summed E-state index contributed by atoms with van der Waals surface area (Å²) < 4.78 is 5.28. The Bertz CT molecular complexity index is 361. The Morgan fingerprint density at radius 3 is 2.40 bits per heavy atom. The summed E-state index contributed by atoms with van der Waals surface area (Å²) in [4.78, 5) is 26.5. The Morgan fingerprint density at radius 1 is 1.20 bits per heavy atom. The Labute approximate surface area is 120 Å². The highest BCUT2D eigenvalue weighted by atomic mass is 16.5. The first-order valence-corrected chi connectivity index (χ1v) is 7.44. The SMILES string of the molecule is CC(C)NC(=O)C1(C(=O)NCCN2CCOCC2)CC1. The Balaban J connectivity index is 1.72. The lowest BCUT2D eigenvalue weighted by atomic mass is 10.0. The molecule has 0 aromatic carbocycles. The van der Waals surface area contributed by atoms with E-state index < -0.39 is 5.41 Å². The highest BCUT2D eigenvalue weighted by Gasteiger charge is 2.56. The minimum absolute atomic E-state index is 0.0705. The molecule has 0 aromatic rings. The standard InChI is InChI=1S/C14H25N3O3/c1-11(2)16-13(19)14(3-4-14)12(18)15-5-6-17-7-9-20-10-8-17/h11H,3-10H2,1-2H3,(H,15,18)(H,16,19). The number of hydrogen-bond donors (Lipinski definition) is 2. The maximum absolute atomic E-state index is 12.2. The largest absolute Gasteiger partial charge is 0.379 e. The van der Waals surface area contributed by atoms with Gasteiger partial charge < -0.3 is 15.4 Å². The first kappa shape index (κ1) is 15.3. The molecule has 6 heteroatoms. The van der Waals surface area contributed by atoms with E-state index in [-0.39, 0.29) is 17.9 Å². The lowest BCUT2D eigenvalue weighted by Crippen LogP contribution is -2.47. The van der Waals surface area contributed by atoms with Crippen molar-refractivity contribution < 1.29 is 14.3 Å². The number of carbonyl (C=O) groups excluding carboxylic acids is 2. The molecule has 114 valence electrons. The fourth-order valence-corrected chi connectivity index (χ4v) is 2.40. The van der Waals surface area contributed by atoms with E-state index in [1.165, 1.54) is 0 Å². The van der Waals surface area contributed by atoms with E-state index in [1.807, 2.05) is 13.8 Å². The second kappa shape index (κ2) is 6.54. The molecule has 2 fully saturated rings. The molecule has 0 spiro atoms. The van der Waals surface area contributed by atoms with Crippen molar-refractivity contribution in [1.29, 1.82) is 0 Å². The van der Waals surface area contributed by atoms with E-state index in [4.69, 9.17) is 4.74 Å². The first-order valence-electron chi connectivity index (χ1n) is 7.44. The van der Waals surface area contributed by atoms with Gasteiger partial charge in [0, 0.05) is 32.2 Å². The van der Waals surface area contributed by atoms with Crippen molar-refractivity contribution in [3.05, 3.63) is 0 Å². The zero-order valence-electron chi connectivity index (χ0n) is 12.4. The minimum atomic E-state index is -0.796. The van der Waals surface area contributed by atoms with Crippen molar-refractivity contribution >= 4 is 11.8 Å². The third-order valence-electron chi connectivity index (χ3n) is 3.86. The Kier molecular flexibility index (Phi) is 4.99. The van der Waals surface area contributed by atoms with Crippen LogP contribution in [0.5, 0.6) is 0 Å². The lowest BCUT2D eigenvalue weighted by Gasteiger charge is -2.26. The molecule has 2 rings (SSSR count). The highest BCUT2D eigenvalue weighted by Crippen LogP contribution is 2.46. The van der Waals surface area contributed by atoms with Crippen molar-refractivity contribution in [2.24, 2.45) is 5.41 Å². The first-order chi connectivity index (χ1) is 9.54. The van der Waals surface area contributed by atoms with Crippen LogP contribution in [0.15, 0.2) is 0 Å². The molecule has 2 aliphatic rings. The second-order valence-electron chi connectivity index (χ2n) is 5.92. The van der Waals surface area contributed by atoms with E-state index in [2.05, 4.69) is 15.5 Å². The number of carbonyl (C=O) groups is 2. The van der Waals surface area contributed by atoms with Crippen LogP contribution in [-0.4, -0.2) is 62.1 Å². The number of hydrogen-bond acceptors (Lipinski definition) is 4. The molecular formula is C14H25N3O3. The summed E-state index contributed by atoms with van der Waals surface area (Å²) in [6, 6.07) is 0.0705. The maximum Gasteiger partial charge on any atom is 0.235 e. The predicted octanol–water partition coefficient (Wildman–Crippen LogP) is -0.260. The van der Waals surface area contributed by atoms with Crippen LogP contribution < -0.4 is 10.6 Å². The molecule has 1 saturated carbocycles. The number of nitrogens with zero attached hydrogens (tertiary/aromatic N) is 1. The van der Waals surface area contributed by atoms with Crippen molar-refractivity contribution in [1.82, 2.24) is 15.5 Å². The summed E-state index contributed by atoms with van der Waals surface area (Å²) in [6.45, 7) is 8.56. The van der Waals surface area contributed by atoms with Crippen LogP contribution in [0.25, 0.3) is 0 Å². The van der Waals surface area contributed by atoms with Crippen molar-refractivity contribution in [3.63, 3.8) is 0 Å². The molecule has 1 heterocycles. The van der Waals surface area contributed by atoms with Crippen LogP contribution in [-0.2, 0) is 14.3 Å². The topological polar surface area (TPSA) is 70.7 Å². The molecule has 0 bridgehead atoms. The quantitative estimate of drug-likeness (QED) is 0.659. The van der Waals surface area contributed by atoms with Gasteiger partial charge in [-0.1, -0.05) is 0 Å². The molecule has 2 amide bonds. The van der Waals surface area contributed by atoms with Crippen LogP contribution in [0.1, 0.15) is 26.7 Å². The van der Waals surface area contributed by atoms with Gasteiger partial charge in [-0.05, 0) is 26.7 Å². The van der Waals surface area contributed by atoms with Gasteiger partial charge in [-0.25, -0.2) is 0 Å². The molecule has 20 heavy (non-hydrogen) atoms. The predicted molar refractivity (Wildman–Crippen MR) is 75.2 cm³/mol. The van der Waals surface area contributed by atoms with E-state index in [1.54, 1.807) is 0 Å². The van der Waals surface area contributed by atoms with Crippen LogP contribution in [0.3, 0.4) is 0 Å². The highest BCUT2D eigenvalue weighted by molar-refractivity contribution is 6.07. The smallest absolute Gasteiger partial charge is 0.235 e. The van der Waals surface area contributed by atoms with Gasteiger partial charge >= 0.3 is 0 Å². The molecule has 2 N–H and O–H groups in total. The van der Waals surface area contributed by atoms with Gasteiger partial charge in [0.15, 0.2) is 0 Å². The summed E-state index contributed by atoms with van der Waals surface area (Å²) in [5, 5.41) is 5.74. The van der Waals surface area contributed by atoms with E-state index in [0.29, 0.717) is 19.4 Å². The summed E-state index contributed by atoms with van der Waals surface area (Å²) in [5.74, 6) is -0.250.